The molecule has 12 rings (SSSR count). The van der Waals surface area contributed by atoms with Crippen molar-refractivity contribution < 1.29 is 4.74 Å². The fourth-order valence-electron chi connectivity index (χ4n) is 10.1. The Morgan fingerprint density at radius 2 is 0.859 bits per heavy atom. The first-order chi connectivity index (χ1) is 31.5. The molecular formula is C61H44N2O. The van der Waals surface area contributed by atoms with E-state index in [-0.39, 0.29) is 5.41 Å². The van der Waals surface area contributed by atoms with Crippen molar-refractivity contribution >= 4 is 44.9 Å². The topological polar surface area (TPSA) is 15.7 Å². The van der Waals surface area contributed by atoms with E-state index >= 15 is 0 Å². The molecule has 1 aliphatic carbocycles. The molecule has 0 saturated carbocycles. The summed E-state index contributed by atoms with van der Waals surface area (Å²) in [6.45, 7) is 4.70. The van der Waals surface area contributed by atoms with E-state index in [9.17, 15) is 0 Å². The van der Waals surface area contributed by atoms with Gasteiger partial charge in [0.15, 0.2) is 5.75 Å². The van der Waals surface area contributed by atoms with Gasteiger partial charge in [-0.15, -0.1) is 0 Å². The highest BCUT2D eigenvalue weighted by atomic mass is 16.5. The Morgan fingerprint density at radius 3 is 1.55 bits per heavy atom. The Hall–Kier alpha value is -8.14. The minimum absolute atomic E-state index is 0.153. The van der Waals surface area contributed by atoms with Gasteiger partial charge in [0, 0.05) is 45.2 Å². The molecular weight excluding hydrogens is 777 g/mol. The standard InChI is InChI=1S/C61H44N2O/c1-61(2)55-26-13-12-23-51(55)52-37-36-49(39-56(52)61)62(48-34-32-44(33-35-48)43-30-28-42(29-31-43)41-16-6-3-7-17-41)50-38-45-18-14-24-53-54-25-15-27-57(60(54)64-58(40-50)59(45)53)63(46-19-8-4-9-20-46)47-21-10-5-11-22-47/h3-40H,1-2H3. The average Bonchev–Trinajstić information content (AvgIpc) is 3.58. The Bertz CT molecular complexity index is 3320. The Balaban J connectivity index is 1.00. The van der Waals surface area contributed by atoms with Crippen LogP contribution >= 0.6 is 0 Å². The molecule has 1 heterocycles. The minimum Gasteiger partial charge on any atom is -0.454 e. The van der Waals surface area contributed by atoms with E-state index in [1.54, 1.807) is 0 Å². The number of fused-ring (bicyclic) bond motifs is 5. The second kappa shape index (κ2) is 15.0. The predicted molar refractivity (Wildman–Crippen MR) is 267 cm³/mol. The second-order valence-electron chi connectivity index (χ2n) is 17.3. The van der Waals surface area contributed by atoms with Gasteiger partial charge in [0.1, 0.15) is 5.75 Å². The third-order valence-electron chi connectivity index (χ3n) is 13.2. The van der Waals surface area contributed by atoms with Gasteiger partial charge in [-0.25, -0.2) is 0 Å². The zero-order valence-electron chi connectivity index (χ0n) is 35.7. The molecule has 3 nitrogen and oxygen atoms in total. The van der Waals surface area contributed by atoms with Crippen LogP contribution in [0.5, 0.6) is 11.5 Å². The van der Waals surface area contributed by atoms with Crippen molar-refractivity contribution in [1.29, 1.82) is 0 Å². The van der Waals surface area contributed by atoms with Crippen molar-refractivity contribution in [2.24, 2.45) is 0 Å². The lowest BCUT2D eigenvalue weighted by Crippen LogP contribution is -2.16. The van der Waals surface area contributed by atoms with E-state index in [0.717, 1.165) is 67.5 Å². The first kappa shape index (κ1) is 37.6. The van der Waals surface area contributed by atoms with Crippen LogP contribution in [-0.2, 0) is 5.41 Å². The second-order valence-corrected chi connectivity index (χ2v) is 17.3. The van der Waals surface area contributed by atoms with Crippen molar-refractivity contribution in [2.45, 2.75) is 19.3 Å². The Labute approximate surface area is 374 Å². The number of para-hydroxylation sites is 3. The van der Waals surface area contributed by atoms with Crippen LogP contribution < -0.4 is 14.5 Å². The molecule has 0 amide bonds. The molecule has 0 N–H and O–H groups in total. The molecule has 0 saturated heterocycles. The number of hydrogen-bond acceptors (Lipinski definition) is 3. The maximum Gasteiger partial charge on any atom is 0.159 e. The summed E-state index contributed by atoms with van der Waals surface area (Å²) in [6.07, 6.45) is 0. The Morgan fingerprint density at radius 1 is 0.344 bits per heavy atom. The third-order valence-corrected chi connectivity index (χ3v) is 13.2. The summed E-state index contributed by atoms with van der Waals surface area (Å²) in [7, 11) is 0. The summed E-state index contributed by atoms with van der Waals surface area (Å²) >= 11 is 0. The molecule has 2 aliphatic rings. The van der Waals surface area contributed by atoms with Crippen molar-refractivity contribution in [3.05, 3.63) is 242 Å². The van der Waals surface area contributed by atoms with E-state index in [1.165, 1.54) is 44.5 Å². The van der Waals surface area contributed by atoms with Crippen LogP contribution in [0.4, 0.5) is 34.1 Å². The molecule has 3 heteroatoms. The smallest absolute Gasteiger partial charge is 0.159 e. The average molecular weight is 821 g/mol. The number of rotatable bonds is 8. The number of benzene rings is 10. The monoisotopic (exact) mass is 820 g/mol. The maximum absolute atomic E-state index is 7.27. The number of nitrogens with zero attached hydrogens (tertiary/aromatic N) is 2. The molecule has 0 fully saturated rings. The third kappa shape index (κ3) is 6.20. The highest BCUT2D eigenvalue weighted by molar-refractivity contribution is 6.08. The molecule has 0 radical (unpaired) electrons. The van der Waals surface area contributed by atoms with E-state index in [4.69, 9.17) is 4.74 Å². The molecule has 10 aromatic rings. The van der Waals surface area contributed by atoms with Gasteiger partial charge in [0.25, 0.3) is 0 Å². The van der Waals surface area contributed by atoms with Crippen molar-refractivity contribution in [3.8, 4) is 56.0 Å². The van der Waals surface area contributed by atoms with Gasteiger partial charge in [-0.3, -0.25) is 0 Å². The highest BCUT2D eigenvalue weighted by Gasteiger charge is 2.36. The van der Waals surface area contributed by atoms with Gasteiger partial charge >= 0.3 is 0 Å². The van der Waals surface area contributed by atoms with Gasteiger partial charge in [0.2, 0.25) is 0 Å². The lowest BCUT2D eigenvalue weighted by Gasteiger charge is -2.32. The molecule has 0 unspecified atom stereocenters. The fourth-order valence-corrected chi connectivity index (χ4v) is 10.1. The molecule has 64 heavy (non-hydrogen) atoms. The maximum atomic E-state index is 7.27. The van der Waals surface area contributed by atoms with E-state index < -0.39 is 0 Å². The van der Waals surface area contributed by atoms with Crippen LogP contribution in [0.1, 0.15) is 25.0 Å². The first-order valence-corrected chi connectivity index (χ1v) is 22.1. The van der Waals surface area contributed by atoms with Gasteiger partial charge in [-0.2, -0.15) is 0 Å². The Kier molecular flexibility index (Phi) is 8.84. The van der Waals surface area contributed by atoms with Crippen LogP contribution in [0.2, 0.25) is 0 Å². The van der Waals surface area contributed by atoms with Crippen LogP contribution in [0.3, 0.4) is 0 Å². The highest BCUT2D eigenvalue weighted by Crippen LogP contribution is 2.55. The lowest BCUT2D eigenvalue weighted by molar-refractivity contribution is 0.488. The van der Waals surface area contributed by atoms with Gasteiger partial charge in [0.05, 0.1) is 11.4 Å². The molecule has 10 aromatic carbocycles. The summed E-state index contributed by atoms with van der Waals surface area (Å²) in [4.78, 5) is 4.69. The molecule has 0 atom stereocenters. The van der Waals surface area contributed by atoms with Crippen LogP contribution in [-0.4, -0.2) is 0 Å². The summed E-state index contributed by atoms with van der Waals surface area (Å²) in [5.41, 5.74) is 18.5. The predicted octanol–water partition coefficient (Wildman–Crippen LogP) is 17.2. The lowest BCUT2D eigenvalue weighted by atomic mass is 9.82. The fraction of sp³-hybridized carbons (Fsp3) is 0.0492. The van der Waals surface area contributed by atoms with Crippen LogP contribution in [0.15, 0.2) is 231 Å². The number of ether oxygens (including phenoxy) is 1. The van der Waals surface area contributed by atoms with Gasteiger partial charge in [-0.1, -0.05) is 178 Å². The van der Waals surface area contributed by atoms with Crippen LogP contribution in [0.25, 0.3) is 55.3 Å². The van der Waals surface area contributed by atoms with E-state index in [1.807, 2.05) is 0 Å². The van der Waals surface area contributed by atoms with Crippen molar-refractivity contribution in [1.82, 2.24) is 0 Å². The zero-order valence-corrected chi connectivity index (χ0v) is 35.7. The quantitative estimate of drug-likeness (QED) is 0.152. The summed E-state index contributed by atoms with van der Waals surface area (Å²) in [5, 5.41) is 2.24. The van der Waals surface area contributed by atoms with Gasteiger partial charge < -0.3 is 14.5 Å². The molecule has 0 bridgehead atoms. The first-order valence-electron chi connectivity index (χ1n) is 22.1. The molecule has 0 spiro atoms. The summed E-state index contributed by atoms with van der Waals surface area (Å²) in [6, 6.07) is 83.1. The summed E-state index contributed by atoms with van der Waals surface area (Å²) < 4.78 is 7.27. The normalized spacial score (nSPS) is 12.8. The SMILES string of the molecule is CC1(C)c2ccccc2-c2ccc(N(c3ccc(-c4ccc(-c5ccccc5)cc4)cc3)c3cc4c5c(cccc5c3)-c3cccc(N(c5ccccc5)c5ccccc5)c3O4)cc21. The van der Waals surface area contributed by atoms with Gasteiger partial charge in [-0.05, 0) is 116 Å². The number of anilines is 6. The minimum atomic E-state index is -0.153. The largest absolute Gasteiger partial charge is 0.454 e. The van der Waals surface area contributed by atoms with E-state index in [0.29, 0.717) is 0 Å². The number of hydrogen-bond donors (Lipinski definition) is 0. The molecule has 304 valence electrons. The summed E-state index contributed by atoms with van der Waals surface area (Å²) in [5.74, 6) is 1.66. The molecule has 0 aromatic heterocycles. The zero-order chi connectivity index (χ0) is 42.8. The van der Waals surface area contributed by atoms with Crippen LogP contribution in [0, 0.1) is 0 Å². The van der Waals surface area contributed by atoms with Crippen molar-refractivity contribution in [3.63, 3.8) is 0 Å². The molecule has 1 aliphatic heterocycles. The van der Waals surface area contributed by atoms with Crippen molar-refractivity contribution in [2.75, 3.05) is 9.80 Å². The van der Waals surface area contributed by atoms with E-state index in [2.05, 4.69) is 254 Å².